The Morgan fingerprint density at radius 2 is 1.76 bits per heavy atom. The molecule has 0 saturated heterocycles. The Bertz CT molecular complexity index is 605. The molecule has 0 bridgehead atoms. The van der Waals surface area contributed by atoms with E-state index in [0.717, 1.165) is 24.4 Å². The molecule has 2 aromatic rings. The van der Waals surface area contributed by atoms with E-state index >= 15 is 0 Å². The van der Waals surface area contributed by atoms with Crippen LogP contribution in [0.15, 0.2) is 18.2 Å². The van der Waals surface area contributed by atoms with Gasteiger partial charge in [0.15, 0.2) is 0 Å². The maximum absolute atomic E-state index is 5.82. The van der Waals surface area contributed by atoms with Crippen molar-refractivity contribution in [3.05, 3.63) is 51.8 Å². The van der Waals surface area contributed by atoms with Crippen LogP contribution in [0.5, 0.6) is 0 Å². The number of hydrogen-bond acceptors (Lipinski definition) is 3. The Kier molecular flexibility index (Phi) is 4.80. The SMILES string of the molecule is CCn1nc(C)cc1C(Cc1c(C)cc(C)cc1C)NN. The van der Waals surface area contributed by atoms with Gasteiger partial charge in [0.25, 0.3) is 0 Å². The van der Waals surface area contributed by atoms with Crippen molar-refractivity contribution in [1.29, 1.82) is 0 Å². The second-order valence-electron chi connectivity index (χ2n) is 5.83. The number of rotatable bonds is 5. The van der Waals surface area contributed by atoms with Crippen LogP contribution < -0.4 is 11.3 Å². The standard InChI is InChI=1S/C17H26N4/c1-6-21-17(9-14(5)20-21)16(19-18)10-15-12(3)7-11(2)8-13(15)4/h7-9,16,19H,6,10,18H2,1-5H3. The lowest BCUT2D eigenvalue weighted by Crippen LogP contribution is -2.31. The molecular formula is C17H26N4. The minimum Gasteiger partial charge on any atom is -0.271 e. The number of nitrogens with zero attached hydrogens (tertiary/aromatic N) is 2. The summed E-state index contributed by atoms with van der Waals surface area (Å²) in [7, 11) is 0. The van der Waals surface area contributed by atoms with Crippen molar-refractivity contribution < 1.29 is 0 Å². The second kappa shape index (κ2) is 6.41. The topological polar surface area (TPSA) is 55.9 Å². The summed E-state index contributed by atoms with van der Waals surface area (Å²) >= 11 is 0. The predicted octanol–water partition coefficient (Wildman–Crippen LogP) is 2.88. The fourth-order valence-corrected chi connectivity index (χ4v) is 3.08. The smallest absolute Gasteiger partial charge is 0.0669 e. The third kappa shape index (κ3) is 3.34. The summed E-state index contributed by atoms with van der Waals surface area (Å²) in [5.74, 6) is 5.82. The first-order valence-corrected chi connectivity index (χ1v) is 7.53. The lowest BCUT2D eigenvalue weighted by molar-refractivity contribution is 0.489. The predicted molar refractivity (Wildman–Crippen MR) is 87.1 cm³/mol. The number of aryl methyl sites for hydroxylation is 5. The molecule has 0 aliphatic heterocycles. The van der Waals surface area contributed by atoms with E-state index in [1.54, 1.807) is 0 Å². The van der Waals surface area contributed by atoms with Gasteiger partial charge in [0.1, 0.15) is 0 Å². The first-order valence-electron chi connectivity index (χ1n) is 7.53. The van der Waals surface area contributed by atoms with Gasteiger partial charge in [-0.3, -0.25) is 16.0 Å². The van der Waals surface area contributed by atoms with Gasteiger partial charge in [0, 0.05) is 6.54 Å². The molecular weight excluding hydrogens is 260 g/mol. The number of nitrogens with two attached hydrogens (primary N) is 1. The van der Waals surface area contributed by atoms with Gasteiger partial charge >= 0.3 is 0 Å². The summed E-state index contributed by atoms with van der Waals surface area (Å²) in [6.07, 6.45) is 0.875. The highest BCUT2D eigenvalue weighted by Gasteiger charge is 2.18. The minimum atomic E-state index is 0.0752. The lowest BCUT2D eigenvalue weighted by Gasteiger charge is -2.20. The van der Waals surface area contributed by atoms with Crippen LogP contribution in [0.1, 0.15) is 46.6 Å². The van der Waals surface area contributed by atoms with Crippen molar-refractivity contribution in [2.75, 3.05) is 0 Å². The zero-order valence-electron chi connectivity index (χ0n) is 13.7. The number of hydrogen-bond donors (Lipinski definition) is 2. The molecule has 0 fully saturated rings. The van der Waals surface area contributed by atoms with E-state index < -0.39 is 0 Å². The molecule has 1 heterocycles. The van der Waals surface area contributed by atoms with Crippen LogP contribution in [0.25, 0.3) is 0 Å². The van der Waals surface area contributed by atoms with Crippen LogP contribution >= 0.6 is 0 Å². The van der Waals surface area contributed by atoms with E-state index in [1.165, 1.54) is 22.3 Å². The van der Waals surface area contributed by atoms with Gasteiger partial charge in [0.2, 0.25) is 0 Å². The Morgan fingerprint density at radius 3 is 2.29 bits per heavy atom. The molecule has 1 unspecified atom stereocenters. The second-order valence-corrected chi connectivity index (χ2v) is 5.83. The Morgan fingerprint density at radius 1 is 1.14 bits per heavy atom. The zero-order valence-corrected chi connectivity index (χ0v) is 13.7. The number of nitrogens with one attached hydrogen (secondary N) is 1. The maximum atomic E-state index is 5.82. The first kappa shape index (κ1) is 15.7. The van der Waals surface area contributed by atoms with Gasteiger partial charge in [-0.15, -0.1) is 0 Å². The summed E-state index contributed by atoms with van der Waals surface area (Å²) in [6, 6.07) is 6.66. The maximum Gasteiger partial charge on any atom is 0.0669 e. The van der Waals surface area contributed by atoms with Crippen molar-refractivity contribution in [2.24, 2.45) is 5.84 Å². The van der Waals surface area contributed by atoms with Crippen molar-refractivity contribution in [2.45, 2.75) is 53.6 Å². The summed E-state index contributed by atoms with van der Waals surface area (Å²) in [5.41, 5.74) is 10.5. The van der Waals surface area contributed by atoms with E-state index in [4.69, 9.17) is 5.84 Å². The third-order valence-electron chi connectivity index (χ3n) is 4.04. The van der Waals surface area contributed by atoms with Crippen molar-refractivity contribution in [3.63, 3.8) is 0 Å². The molecule has 0 saturated carbocycles. The van der Waals surface area contributed by atoms with Gasteiger partial charge in [-0.2, -0.15) is 5.10 Å². The Balaban J connectivity index is 2.35. The highest BCUT2D eigenvalue weighted by Crippen LogP contribution is 2.24. The highest BCUT2D eigenvalue weighted by atomic mass is 15.3. The number of aromatic nitrogens is 2. The highest BCUT2D eigenvalue weighted by molar-refractivity contribution is 5.38. The van der Waals surface area contributed by atoms with Crippen LogP contribution in [0.3, 0.4) is 0 Å². The summed E-state index contributed by atoms with van der Waals surface area (Å²) < 4.78 is 2.03. The van der Waals surface area contributed by atoms with E-state index in [9.17, 15) is 0 Å². The summed E-state index contributed by atoms with van der Waals surface area (Å²) in [4.78, 5) is 0. The average Bonchev–Trinajstić information content (AvgIpc) is 2.79. The summed E-state index contributed by atoms with van der Waals surface area (Å²) in [5, 5.41) is 4.52. The third-order valence-corrected chi connectivity index (χ3v) is 4.04. The summed E-state index contributed by atoms with van der Waals surface area (Å²) in [6.45, 7) is 11.5. The van der Waals surface area contributed by atoms with Crippen LogP contribution in [-0.4, -0.2) is 9.78 Å². The van der Waals surface area contributed by atoms with Crippen molar-refractivity contribution in [1.82, 2.24) is 15.2 Å². The zero-order chi connectivity index (χ0) is 15.6. The Labute approximate surface area is 127 Å². The van der Waals surface area contributed by atoms with Gasteiger partial charge in [-0.05, 0) is 63.8 Å². The fraction of sp³-hybridized carbons (Fsp3) is 0.471. The lowest BCUT2D eigenvalue weighted by atomic mass is 9.93. The molecule has 1 aromatic carbocycles. The van der Waals surface area contributed by atoms with Crippen LogP contribution in [0, 0.1) is 27.7 Å². The van der Waals surface area contributed by atoms with Crippen LogP contribution in [0.2, 0.25) is 0 Å². The number of hydrazine groups is 1. The molecule has 2 rings (SSSR count). The molecule has 4 heteroatoms. The molecule has 0 amide bonds. The van der Waals surface area contributed by atoms with Gasteiger partial charge < -0.3 is 0 Å². The molecule has 0 aliphatic rings. The van der Waals surface area contributed by atoms with Crippen LogP contribution in [-0.2, 0) is 13.0 Å². The monoisotopic (exact) mass is 286 g/mol. The molecule has 1 aromatic heterocycles. The van der Waals surface area contributed by atoms with Gasteiger partial charge in [-0.25, -0.2) is 0 Å². The van der Waals surface area contributed by atoms with Gasteiger partial charge in [-0.1, -0.05) is 17.7 Å². The number of benzene rings is 1. The molecule has 114 valence electrons. The molecule has 4 nitrogen and oxygen atoms in total. The fourth-order valence-electron chi connectivity index (χ4n) is 3.08. The Hall–Kier alpha value is -1.65. The van der Waals surface area contributed by atoms with Crippen LogP contribution in [0.4, 0.5) is 0 Å². The van der Waals surface area contributed by atoms with E-state index in [-0.39, 0.29) is 6.04 Å². The molecule has 0 radical (unpaired) electrons. The quantitative estimate of drug-likeness (QED) is 0.656. The molecule has 0 spiro atoms. The molecule has 1 atom stereocenters. The normalized spacial score (nSPS) is 12.7. The average molecular weight is 286 g/mol. The van der Waals surface area contributed by atoms with Crippen molar-refractivity contribution in [3.8, 4) is 0 Å². The van der Waals surface area contributed by atoms with Gasteiger partial charge in [0.05, 0.1) is 17.4 Å². The van der Waals surface area contributed by atoms with E-state index in [2.05, 4.69) is 56.4 Å². The van der Waals surface area contributed by atoms with Crippen molar-refractivity contribution >= 4 is 0 Å². The molecule has 0 aliphatic carbocycles. The minimum absolute atomic E-state index is 0.0752. The van der Waals surface area contributed by atoms with E-state index in [1.807, 2.05) is 11.6 Å². The molecule has 21 heavy (non-hydrogen) atoms. The first-order chi connectivity index (χ1) is 9.96. The van der Waals surface area contributed by atoms with E-state index in [0.29, 0.717) is 0 Å². The molecule has 3 N–H and O–H groups in total. The largest absolute Gasteiger partial charge is 0.271 e.